The zero-order chi connectivity index (χ0) is 23.4. The van der Waals surface area contributed by atoms with Crippen LogP contribution in [-0.2, 0) is 17.5 Å². The molecule has 0 aromatic carbocycles. The Morgan fingerprint density at radius 1 is 1.09 bits per heavy atom. The Kier molecular flexibility index (Phi) is 5.17. The number of fused-ring (bicyclic) bond motifs is 1. The Morgan fingerprint density at radius 3 is 2.48 bits per heavy atom. The van der Waals surface area contributed by atoms with Crippen LogP contribution < -0.4 is 9.80 Å². The van der Waals surface area contributed by atoms with Crippen molar-refractivity contribution >= 4 is 39.4 Å². The van der Waals surface area contributed by atoms with Crippen LogP contribution in [-0.4, -0.2) is 61.9 Å². The van der Waals surface area contributed by atoms with Crippen molar-refractivity contribution in [1.82, 2.24) is 29.9 Å². The van der Waals surface area contributed by atoms with Crippen LogP contribution in [0.3, 0.4) is 0 Å². The lowest BCUT2D eigenvalue weighted by Gasteiger charge is -2.38. The minimum atomic E-state index is -4.60. The molecular formula is C18H17F5N8OS. The molecule has 1 spiro atoms. The van der Waals surface area contributed by atoms with E-state index in [0.717, 1.165) is 4.68 Å². The fourth-order valence-corrected chi connectivity index (χ4v) is 5.06. The molecule has 0 N–H and O–H groups in total. The highest BCUT2D eigenvalue weighted by molar-refractivity contribution is 7.15. The highest BCUT2D eigenvalue weighted by atomic mass is 32.1. The number of halogens is 5. The average Bonchev–Trinajstić information content (AvgIpc) is 3.48. The third-order valence-corrected chi connectivity index (χ3v) is 7.08. The number of piperidine rings is 1. The first-order valence-corrected chi connectivity index (χ1v) is 10.9. The van der Waals surface area contributed by atoms with Crippen molar-refractivity contribution < 1.29 is 26.7 Å². The van der Waals surface area contributed by atoms with Crippen LogP contribution in [0.15, 0.2) is 12.4 Å². The molecule has 2 aliphatic rings. The molecule has 176 valence electrons. The van der Waals surface area contributed by atoms with Gasteiger partial charge in [0.2, 0.25) is 16.0 Å². The highest BCUT2D eigenvalue weighted by Crippen LogP contribution is 2.45. The van der Waals surface area contributed by atoms with Gasteiger partial charge in [-0.1, -0.05) is 11.3 Å². The molecule has 2 fully saturated rings. The van der Waals surface area contributed by atoms with E-state index in [-0.39, 0.29) is 23.2 Å². The molecule has 0 aliphatic carbocycles. The molecular weight excluding hydrogens is 471 g/mol. The topological polar surface area (TPSA) is 92.9 Å². The van der Waals surface area contributed by atoms with Crippen LogP contribution in [0, 0.1) is 5.41 Å². The summed E-state index contributed by atoms with van der Waals surface area (Å²) in [4.78, 5) is 25.0. The number of hydrogen-bond acceptors (Lipinski definition) is 8. The molecule has 0 saturated carbocycles. The largest absolute Gasteiger partial charge is 0.445 e. The number of nitrogens with zero attached hydrogens (tertiary/aromatic N) is 8. The van der Waals surface area contributed by atoms with Crippen LogP contribution in [0.25, 0.3) is 11.2 Å². The number of rotatable bonds is 4. The maximum atomic E-state index is 13.1. The number of carbonyl (C=O) groups excluding carboxylic acids is 1. The number of amides is 1. The Bertz CT molecular complexity index is 1190. The Labute approximate surface area is 187 Å². The second-order valence-corrected chi connectivity index (χ2v) is 8.97. The smallest absolute Gasteiger partial charge is 0.355 e. The summed E-state index contributed by atoms with van der Waals surface area (Å²) in [5, 5.41) is 9.52. The molecule has 3 aromatic heterocycles. The van der Waals surface area contributed by atoms with Crippen molar-refractivity contribution in [2.24, 2.45) is 5.41 Å². The first-order chi connectivity index (χ1) is 15.7. The summed E-state index contributed by atoms with van der Waals surface area (Å²) in [7, 11) is 0. The molecule has 0 bridgehead atoms. The second-order valence-electron chi connectivity index (χ2n) is 8.02. The molecule has 0 unspecified atom stereocenters. The number of hydrogen-bond donors (Lipinski definition) is 0. The standard InChI is InChI=1S/C18H17F5N8OS/c19-11(20)9-31-13-10(7-25-31)24-8-12(26-13)29-4-1-17(2-5-29)3-6-30(15(17)32)16-28-27-14(33-16)18(21,22)23/h7-8,11H,1-6,9H2. The molecule has 5 rings (SSSR count). The first-order valence-electron chi connectivity index (χ1n) is 10.1. The van der Waals surface area contributed by atoms with E-state index >= 15 is 0 Å². The third-order valence-electron chi connectivity index (χ3n) is 6.09. The van der Waals surface area contributed by atoms with Crippen molar-refractivity contribution in [2.75, 3.05) is 29.4 Å². The van der Waals surface area contributed by atoms with Crippen LogP contribution in [0.2, 0.25) is 0 Å². The average molecular weight is 488 g/mol. The normalized spacial score (nSPS) is 18.9. The van der Waals surface area contributed by atoms with Crippen LogP contribution in [0.4, 0.5) is 32.9 Å². The van der Waals surface area contributed by atoms with E-state index in [0.29, 0.717) is 55.0 Å². The minimum Gasteiger partial charge on any atom is -0.355 e. The van der Waals surface area contributed by atoms with Gasteiger partial charge < -0.3 is 4.90 Å². The van der Waals surface area contributed by atoms with Gasteiger partial charge in [-0.2, -0.15) is 18.3 Å². The van der Waals surface area contributed by atoms with E-state index in [4.69, 9.17) is 0 Å². The fourth-order valence-electron chi connectivity index (χ4n) is 4.33. The minimum absolute atomic E-state index is 0.0461. The SMILES string of the molecule is O=C1N(c2nnc(C(F)(F)F)s2)CCC12CCN(c1cnc3cnn(CC(F)F)c3n1)CC2. The van der Waals surface area contributed by atoms with Gasteiger partial charge in [0.05, 0.1) is 17.8 Å². The van der Waals surface area contributed by atoms with Crippen LogP contribution in [0.1, 0.15) is 24.3 Å². The number of alkyl halides is 5. The van der Waals surface area contributed by atoms with Crippen molar-refractivity contribution in [3.05, 3.63) is 17.4 Å². The molecule has 3 aromatic rings. The summed E-state index contributed by atoms with van der Waals surface area (Å²) < 4.78 is 65.2. The van der Waals surface area contributed by atoms with E-state index < -0.39 is 29.6 Å². The number of anilines is 2. The van der Waals surface area contributed by atoms with E-state index in [1.54, 1.807) is 0 Å². The lowest BCUT2D eigenvalue weighted by Crippen LogP contribution is -2.45. The molecule has 0 radical (unpaired) electrons. The van der Waals surface area contributed by atoms with Gasteiger partial charge in [0.15, 0.2) is 5.65 Å². The van der Waals surface area contributed by atoms with E-state index in [2.05, 4.69) is 25.3 Å². The predicted molar refractivity (Wildman–Crippen MR) is 107 cm³/mol. The summed E-state index contributed by atoms with van der Waals surface area (Å²) in [6.07, 6.45) is -2.81. The summed E-state index contributed by atoms with van der Waals surface area (Å²) in [6.45, 7) is 0.625. The Balaban J connectivity index is 1.30. The molecule has 2 aliphatic heterocycles. The van der Waals surface area contributed by atoms with E-state index in [1.165, 1.54) is 17.3 Å². The lowest BCUT2D eigenvalue weighted by atomic mass is 9.77. The highest BCUT2D eigenvalue weighted by Gasteiger charge is 2.50. The van der Waals surface area contributed by atoms with Crippen molar-refractivity contribution in [3.8, 4) is 0 Å². The Morgan fingerprint density at radius 2 is 1.82 bits per heavy atom. The van der Waals surface area contributed by atoms with Gasteiger partial charge in [-0.3, -0.25) is 9.69 Å². The molecule has 15 heteroatoms. The van der Waals surface area contributed by atoms with Crippen LogP contribution >= 0.6 is 11.3 Å². The maximum absolute atomic E-state index is 13.1. The van der Waals surface area contributed by atoms with Crippen molar-refractivity contribution in [1.29, 1.82) is 0 Å². The summed E-state index contributed by atoms with van der Waals surface area (Å²) in [5.41, 5.74) is -0.0204. The van der Waals surface area contributed by atoms with Gasteiger partial charge in [-0.15, -0.1) is 10.2 Å². The zero-order valence-electron chi connectivity index (χ0n) is 17.0. The third kappa shape index (κ3) is 3.87. The van der Waals surface area contributed by atoms with Gasteiger partial charge >= 0.3 is 6.18 Å². The first kappa shape index (κ1) is 21.9. The number of carbonyl (C=O) groups is 1. The monoisotopic (exact) mass is 488 g/mol. The van der Waals surface area contributed by atoms with Gasteiger partial charge in [-0.25, -0.2) is 23.4 Å². The quantitative estimate of drug-likeness (QED) is 0.522. The number of aromatic nitrogens is 6. The lowest BCUT2D eigenvalue weighted by molar-refractivity contribution is -0.138. The molecule has 33 heavy (non-hydrogen) atoms. The summed E-state index contributed by atoms with van der Waals surface area (Å²) >= 11 is 0.361. The fraction of sp³-hybridized carbons (Fsp3) is 0.556. The zero-order valence-corrected chi connectivity index (χ0v) is 17.8. The van der Waals surface area contributed by atoms with Gasteiger partial charge in [0, 0.05) is 19.6 Å². The Hall–Kier alpha value is -2.97. The molecule has 5 heterocycles. The van der Waals surface area contributed by atoms with E-state index in [9.17, 15) is 26.7 Å². The van der Waals surface area contributed by atoms with E-state index in [1.807, 2.05) is 4.90 Å². The summed E-state index contributed by atoms with van der Waals surface area (Å²) in [5.74, 6) is 0.248. The van der Waals surface area contributed by atoms with Gasteiger partial charge in [-0.05, 0) is 19.3 Å². The molecule has 1 amide bonds. The molecule has 9 nitrogen and oxygen atoms in total. The van der Waals surface area contributed by atoms with Gasteiger partial charge in [0.25, 0.3) is 6.43 Å². The maximum Gasteiger partial charge on any atom is 0.445 e. The van der Waals surface area contributed by atoms with Gasteiger partial charge in [0.1, 0.15) is 17.9 Å². The summed E-state index contributed by atoms with van der Waals surface area (Å²) in [6, 6.07) is 0. The molecule has 2 saturated heterocycles. The van der Waals surface area contributed by atoms with Crippen molar-refractivity contribution in [2.45, 2.75) is 38.4 Å². The predicted octanol–water partition coefficient (Wildman–Crippen LogP) is 2.99. The molecule has 0 atom stereocenters. The second kappa shape index (κ2) is 7.81. The van der Waals surface area contributed by atoms with Crippen molar-refractivity contribution in [3.63, 3.8) is 0 Å². The van der Waals surface area contributed by atoms with Crippen LogP contribution in [0.5, 0.6) is 0 Å².